The normalized spacial score (nSPS) is 13.3. The molecular formula is C13H16ClNO5. The Labute approximate surface area is 121 Å². The zero-order chi connectivity index (χ0) is 15.1. The SMILES string of the molecule is CC(Oc1ccc(Cl)cc1)C(=O)NC(CCO)C(=O)O. The summed E-state index contributed by atoms with van der Waals surface area (Å²) in [5.41, 5.74) is 0. The quantitative estimate of drug-likeness (QED) is 0.700. The van der Waals surface area contributed by atoms with E-state index in [2.05, 4.69) is 5.32 Å². The van der Waals surface area contributed by atoms with Gasteiger partial charge < -0.3 is 20.3 Å². The first-order valence-electron chi connectivity index (χ1n) is 6.00. The van der Waals surface area contributed by atoms with Gasteiger partial charge in [-0.25, -0.2) is 4.79 Å². The zero-order valence-electron chi connectivity index (χ0n) is 10.9. The molecule has 20 heavy (non-hydrogen) atoms. The number of benzene rings is 1. The molecule has 0 radical (unpaired) electrons. The first kappa shape index (κ1) is 16.3. The summed E-state index contributed by atoms with van der Waals surface area (Å²) in [4.78, 5) is 22.7. The standard InChI is InChI=1S/C13H16ClNO5/c1-8(20-10-4-2-9(14)3-5-10)12(17)15-11(6-7-16)13(18)19/h2-5,8,11,16H,6-7H2,1H3,(H,15,17)(H,18,19). The minimum atomic E-state index is -1.20. The molecule has 1 rings (SSSR count). The van der Waals surface area contributed by atoms with Gasteiger partial charge in [0.05, 0.1) is 0 Å². The minimum Gasteiger partial charge on any atom is -0.481 e. The van der Waals surface area contributed by atoms with E-state index < -0.39 is 24.0 Å². The molecule has 0 aliphatic heterocycles. The van der Waals surface area contributed by atoms with E-state index in [0.717, 1.165) is 0 Å². The number of carbonyl (C=O) groups is 2. The van der Waals surface area contributed by atoms with E-state index in [9.17, 15) is 9.59 Å². The number of carboxylic acids is 1. The van der Waals surface area contributed by atoms with Gasteiger partial charge >= 0.3 is 5.97 Å². The average Bonchev–Trinajstić information content (AvgIpc) is 2.40. The number of aliphatic carboxylic acids is 1. The van der Waals surface area contributed by atoms with E-state index in [-0.39, 0.29) is 13.0 Å². The van der Waals surface area contributed by atoms with Crippen LogP contribution >= 0.6 is 11.6 Å². The van der Waals surface area contributed by atoms with E-state index in [4.69, 9.17) is 26.6 Å². The fourth-order valence-electron chi connectivity index (χ4n) is 1.45. The van der Waals surface area contributed by atoms with Gasteiger partial charge in [0.2, 0.25) is 0 Å². The molecule has 1 aromatic rings. The number of amides is 1. The Kier molecular flexibility index (Phi) is 6.27. The van der Waals surface area contributed by atoms with Gasteiger partial charge in [-0.1, -0.05) is 11.6 Å². The topological polar surface area (TPSA) is 95.9 Å². The van der Waals surface area contributed by atoms with Crippen molar-refractivity contribution in [1.82, 2.24) is 5.32 Å². The Hall–Kier alpha value is -1.79. The molecule has 2 unspecified atom stereocenters. The maximum absolute atomic E-state index is 11.8. The minimum absolute atomic E-state index is 0.0608. The van der Waals surface area contributed by atoms with Gasteiger partial charge in [-0.3, -0.25) is 4.79 Å². The molecular weight excluding hydrogens is 286 g/mol. The fraction of sp³-hybridized carbons (Fsp3) is 0.385. The van der Waals surface area contributed by atoms with Crippen LogP contribution in [0.5, 0.6) is 5.75 Å². The molecule has 0 spiro atoms. The number of nitrogens with one attached hydrogen (secondary N) is 1. The smallest absolute Gasteiger partial charge is 0.326 e. The Morgan fingerprint density at radius 3 is 2.45 bits per heavy atom. The number of ether oxygens (including phenoxy) is 1. The monoisotopic (exact) mass is 301 g/mol. The van der Waals surface area contributed by atoms with E-state index in [1.807, 2.05) is 0 Å². The summed E-state index contributed by atoms with van der Waals surface area (Å²) in [6.45, 7) is 1.17. The van der Waals surface area contributed by atoms with Gasteiger partial charge in [0.1, 0.15) is 11.8 Å². The molecule has 0 saturated heterocycles. The molecule has 0 fully saturated rings. The van der Waals surface area contributed by atoms with Gasteiger partial charge in [-0.15, -0.1) is 0 Å². The predicted octanol–water partition coefficient (Wildman–Crippen LogP) is 1.06. The van der Waals surface area contributed by atoms with Crippen LogP contribution in [-0.2, 0) is 9.59 Å². The lowest BCUT2D eigenvalue weighted by Gasteiger charge is -2.18. The highest BCUT2D eigenvalue weighted by Crippen LogP contribution is 2.16. The van der Waals surface area contributed by atoms with Crippen molar-refractivity contribution >= 4 is 23.5 Å². The van der Waals surface area contributed by atoms with Crippen molar-refractivity contribution < 1.29 is 24.5 Å². The van der Waals surface area contributed by atoms with Crippen LogP contribution in [0.15, 0.2) is 24.3 Å². The molecule has 6 nitrogen and oxygen atoms in total. The van der Waals surface area contributed by atoms with Crippen molar-refractivity contribution in [2.45, 2.75) is 25.5 Å². The maximum Gasteiger partial charge on any atom is 0.326 e. The number of hydrogen-bond donors (Lipinski definition) is 3. The molecule has 0 aromatic heterocycles. The van der Waals surface area contributed by atoms with Gasteiger partial charge in [-0.05, 0) is 31.2 Å². The number of halogens is 1. The predicted molar refractivity (Wildman–Crippen MR) is 72.8 cm³/mol. The van der Waals surface area contributed by atoms with Crippen LogP contribution in [0.3, 0.4) is 0 Å². The van der Waals surface area contributed by atoms with Crippen molar-refractivity contribution in [3.63, 3.8) is 0 Å². The van der Waals surface area contributed by atoms with E-state index in [1.54, 1.807) is 24.3 Å². The second-order valence-corrected chi connectivity index (χ2v) is 4.56. The van der Waals surface area contributed by atoms with Crippen LogP contribution in [-0.4, -0.2) is 40.8 Å². The lowest BCUT2D eigenvalue weighted by Crippen LogP contribution is -2.46. The highest BCUT2D eigenvalue weighted by molar-refractivity contribution is 6.30. The van der Waals surface area contributed by atoms with Crippen LogP contribution in [0.1, 0.15) is 13.3 Å². The van der Waals surface area contributed by atoms with Crippen molar-refractivity contribution in [3.8, 4) is 5.75 Å². The molecule has 0 aliphatic carbocycles. The van der Waals surface area contributed by atoms with E-state index >= 15 is 0 Å². The Morgan fingerprint density at radius 2 is 1.95 bits per heavy atom. The van der Waals surface area contributed by atoms with Crippen LogP contribution in [0.2, 0.25) is 5.02 Å². The third kappa shape index (κ3) is 5.07. The van der Waals surface area contributed by atoms with Gasteiger partial charge in [-0.2, -0.15) is 0 Å². The number of hydrogen-bond acceptors (Lipinski definition) is 4. The van der Waals surface area contributed by atoms with Gasteiger partial charge in [0.25, 0.3) is 5.91 Å². The molecule has 7 heteroatoms. The molecule has 0 bridgehead atoms. The number of aliphatic hydroxyl groups is 1. The molecule has 110 valence electrons. The van der Waals surface area contributed by atoms with Crippen LogP contribution in [0.4, 0.5) is 0 Å². The summed E-state index contributed by atoms with van der Waals surface area (Å²) in [7, 11) is 0. The zero-order valence-corrected chi connectivity index (χ0v) is 11.6. The summed E-state index contributed by atoms with van der Waals surface area (Å²) in [5, 5.41) is 20.5. The van der Waals surface area contributed by atoms with Crippen LogP contribution < -0.4 is 10.1 Å². The molecule has 1 aromatic carbocycles. The van der Waals surface area contributed by atoms with Crippen molar-refractivity contribution in [2.75, 3.05) is 6.61 Å². The molecule has 2 atom stereocenters. The van der Waals surface area contributed by atoms with Crippen LogP contribution in [0, 0.1) is 0 Å². The molecule has 0 aliphatic rings. The van der Waals surface area contributed by atoms with Crippen LogP contribution in [0.25, 0.3) is 0 Å². The Morgan fingerprint density at radius 1 is 1.35 bits per heavy atom. The lowest BCUT2D eigenvalue weighted by atomic mass is 10.2. The van der Waals surface area contributed by atoms with Crippen molar-refractivity contribution in [2.24, 2.45) is 0 Å². The Bertz CT molecular complexity index is 462. The summed E-state index contributed by atoms with van der Waals surface area (Å²) in [6, 6.07) is 5.31. The van der Waals surface area contributed by atoms with Crippen molar-refractivity contribution in [1.29, 1.82) is 0 Å². The van der Waals surface area contributed by atoms with E-state index in [1.165, 1.54) is 6.92 Å². The summed E-state index contributed by atoms with van der Waals surface area (Å²) in [6.07, 6.45) is -0.925. The number of rotatable bonds is 7. The highest BCUT2D eigenvalue weighted by atomic mass is 35.5. The first-order chi connectivity index (χ1) is 9.43. The third-order valence-electron chi connectivity index (χ3n) is 2.53. The average molecular weight is 302 g/mol. The van der Waals surface area contributed by atoms with Crippen molar-refractivity contribution in [3.05, 3.63) is 29.3 Å². The molecule has 3 N–H and O–H groups in total. The van der Waals surface area contributed by atoms with E-state index in [0.29, 0.717) is 10.8 Å². The summed E-state index contributed by atoms with van der Waals surface area (Å²) < 4.78 is 5.36. The maximum atomic E-state index is 11.8. The molecule has 1 amide bonds. The van der Waals surface area contributed by atoms with Gasteiger partial charge in [0.15, 0.2) is 6.10 Å². The fourth-order valence-corrected chi connectivity index (χ4v) is 1.57. The number of carbonyl (C=O) groups excluding carboxylic acids is 1. The third-order valence-corrected chi connectivity index (χ3v) is 2.78. The highest BCUT2D eigenvalue weighted by Gasteiger charge is 2.23. The summed E-state index contributed by atoms with van der Waals surface area (Å²) >= 11 is 5.73. The number of aliphatic hydroxyl groups excluding tert-OH is 1. The number of carboxylic acid groups (broad SMARTS) is 1. The summed E-state index contributed by atoms with van der Waals surface area (Å²) in [5.74, 6) is -1.32. The second kappa shape index (κ2) is 7.72. The molecule has 0 saturated carbocycles. The first-order valence-corrected chi connectivity index (χ1v) is 6.38. The Balaban J connectivity index is 2.57. The second-order valence-electron chi connectivity index (χ2n) is 4.13. The molecule has 0 heterocycles. The van der Waals surface area contributed by atoms with Gasteiger partial charge in [0, 0.05) is 18.1 Å². The lowest BCUT2D eigenvalue weighted by molar-refractivity contribution is -0.143. The largest absolute Gasteiger partial charge is 0.481 e.